The van der Waals surface area contributed by atoms with Crippen LogP contribution >= 0.6 is 15.9 Å². The minimum atomic E-state index is 0.0766. The smallest absolute Gasteiger partial charge is 0.140 e. The van der Waals surface area contributed by atoms with Crippen LogP contribution in [0, 0.1) is 0 Å². The third-order valence-electron chi connectivity index (χ3n) is 5.18. The number of ether oxygens (including phenoxy) is 1. The Kier molecular flexibility index (Phi) is 4.61. The van der Waals surface area contributed by atoms with Gasteiger partial charge in [-0.05, 0) is 61.2 Å². The second-order valence-electron chi connectivity index (χ2n) is 6.86. The molecule has 3 atom stereocenters. The molecular weight excluding hydrogens is 364 g/mol. The molecule has 1 fully saturated rings. The summed E-state index contributed by atoms with van der Waals surface area (Å²) in [6, 6.07) is 17.5. The standard InChI is InChI=1S/C20H23BrN2O/c21-15-7-9-17(10-8-15)24-20-18-6-2-1-4-14(18)12-19(20)23-11-3-5-16(22)13-23/h1-2,4,6-10,16,19-20H,3,5,11-13,22H2/t16-,19?,20-/m1/s1. The molecule has 2 aromatic rings. The van der Waals surface area contributed by atoms with Crippen molar-refractivity contribution in [2.45, 2.75) is 37.5 Å². The summed E-state index contributed by atoms with van der Waals surface area (Å²) < 4.78 is 7.52. The minimum Gasteiger partial charge on any atom is -0.484 e. The number of fused-ring (bicyclic) bond motifs is 1. The normalized spacial score (nSPS) is 27.0. The fourth-order valence-corrected chi connectivity index (χ4v) is 4.27. The molecule has 0 aromatic heterocycles. The number of halogens is 1. The predicted octanol–water partition coefficient (Wildman–Crippen LogP) is 3.92. The topological polar surface area (TPSA) is 38.5 Å². The van der Waals surface area contributed by atoms with E-state index in [4.69, 9.17) is 10.5 Å². The molecule has 2 aromatic carbocycles. The third kappa shape index (κ3) is 3.23. The molecule has 4 heteroatoms. The Morgan fingerprint density at radius 1 is 1.08 bits per heavy atom. The van der Waals surface area contributed by atoms with Crippen molar-refractivity contribution in [3.05, 3.63) is 64.1 Å². The molecule has 0 amide bonds. The van der Waals surface area contributed by atoms with Crippen LogP contribution in [0.1, 0.15) is 30.1 Å². The maximum Gasteiger partial charge on any atom is 0.140 e. The van der Waals surface area contributed by atoms with Crippen LogP contribution in [0.3, 0.4) is 0 Å². The summed E-state index contributed by atoms with van der Waals surface area (Å²) in [4.78, 5) is 2.54. The summed E-state index contributed by atoms with van der Waals surface area (Å²) >= 11 is 3.49. The van der Waals surface area contributed by atoms with Gasteiger partial charge in [0.05, 0.1) is 6.04 Å². The summed E-state index contributed by atoms with van der Waals surface area (Å²) in [5.41, 5.74) is 8.95. The summed E-state index contributed by atoms with van der Waals surface area (Å²) in [5, 5.41) is 0. The quantitative estimate of drug-likeness (QED) is 0.868. The van der Waals surface area contributed by atoms with Crippen LogP contribution < -0.4 is 10.5 Å². The zero-order valence-electron chi connectivity index (χ0n) is 13.7. The number of hydrogen-bond acceptors (Lipinski definition) is 3. The molecule has 1 unspecified atom stereocenters. The van der Waals surface area contributed by atoms with E-state index in [2.05, 4.69) is 45.1 Å². The Bertz CT molecular complexity index is 703. The first-order valence-electron chi connectivity index (χ1n) is 8.70. The lowest BCUT2D eigenvalue weighted by Gasteiger charge is -2.38. The average Bonchev–Trinajstić information content (AvgIpc) is 2.96. The van der Waals surface area contributed by atoms with E-state index in [-0.39, 0.29) is 12.1 Å². The lowest BCUT2D eigenvalue weighted by Crippen LogP contribution is -2.49. The minimum absolute atomic E-state index is 0.0766. The lowest BCUT2D eigenvalue weighted by molar-refractivity contribution is 0.0593. The van der Waals surface area contributed by atoms with Gasteiger partial charge in [0.25, 0.3) is 0 Å². The number of likely N-dealkylation sites (tertiary alicyclic amines) is 1. The molecule has 2 aliphatic rings. The highest BCUT2D eigenvalue weighted by molar-refractivity contribution is 9.10. The van der Waals surface area contributed by atoms with Crippen LogP contribution in [0.15, 0.2) is 53.0 Å². The van der Waals surface area contributed by atoms with Gasteiger partial charge in [0.1, 0.15) is 11.9 Å². The molecule has 126 valence electrons. The largest absolute Gasteiger partial charge is 0.484 e. The number of nitrogens with two attached hydrogens (primary N) is 1. The molecule has 0 spiro atoms. The summed E-state index contributed by atoms with van der Waals surface area (Å²) in [6.45, 7) is 2.09. The molecule has 2 N–H and O–H groups in total. The van der Waals surface area contributed by atoms with Crippen molar-refractivity contribution in [1.29, 1.82) is 0 Å². The van der Waals surface area contributed by atoms with Crippen molar-refractivity contribution < 1.29 is 4.74 Å². The van der Waals surface area contributed by atoms with Gasteiger partial charge < -0.3 is 10.5 Å². The van der Waals surface area contributed by atoms with Gasteiger partial charge >= 0.3 is 0 Å². The van der Waals surface area contributed by atoms with Gasteiger partial charge in [-0.1, -0.05) is 40.2 Å². The Morgan fingerprint density at radius 3 is 2.67 bits per heavy atom. The maximum absolute atomic E-state index is 6.45. The second kappa shape index (κ2) is 6.87. The van der Waals surface area contributed by atoms with Gasteiger partial charge in [-0.25, -0.2) is 0 Å². The van der Waals surface area contributed by atoms with Gasteiger partial charge in [-0.2, -0.15) is 0 Å². The molecule has 1 aliphatic heterocycles. The van der Waals surface area contributed by atoms with Crippen LogP contribution in [0.2, 0.25) is 0 Å². The zero-order chi connectivity index (χ0) is 16.5. The van der Waals surface area contributed by atoms with Crippen molar-refractivity contribution in [2.24, 2.45) is 5.73 Å². The number of benzene rings is 2. The van der Waals surface area contributed by atoms with Crippen LogP contribution in [0.25, 0.3) is 0 Å². The summed E-state index contributed by atoms with van der Waals surface area (Å²) in [5.74, 6) is 0.922. The predicted molar refractivity (Wildman–Crippen MR) is 100 cm³/mol. The van der Waals surface area contributed by atoms with E-state index in [1.165, 1.54) is 17.5 Å². The Labute approximate surface area is 151 Å². The molecular formula is C20H23BrN2O. The van der Waals surface area contributed by atoms with Gasteiger partial charge in [0, 0.05) is 17.1 Å². The van der Waals surface area contributed by atoms with Crippen molar-refractivity contribution in [1.82, 2.24) is 4.90 Å². The molecule has 3 nitrogen and oxygen atoms in total. The van der Waals surface area contributed by atoms with Gasteiger partial charge in [0.15, 0.2) is 0 Å². The molecule has 0 radical (unpaired) electrons. The highest BCUT2D eigenvalue weighted by Crippen LogP contribution is 2.38. The van der Waals surface area contributed by atoms with Crippen LogP contribution in [-0.4, -0.2) is 30.1 Å². The van der Waals surface area contributed by atoms with Crippen molar-refractivity contribution >= 4 is 15.9 Å². The molecule has 1 aliphatic carbocycles. The van der Waals surface area contributed by atoms with E-state index in [1.807, 2.05) is 24.3 Å². The number of piperidine rings is 1. The Hall–Kier alpha value is -1.36. The lowest BCUT2D eigenvalue weighted by atomic mass is 10.0. The van der Waals surface area contributed by atoms with E-state index < -0.39 is 0 Å². The summed E-state index contributed by atoms with van der Waals surface area (Å²) in [7, 11) is 0. The Balaban J connectivity index is 1.62. The number of hydrogen-bond donors (Lipinski definition) is 1. The SMILES string of the molecule is N[C@@H]1CCCN(C2Cc3ccccc3[C@H]2Oc2ccc(Br)cc2)C1. The molecule has 4 rings (SSSR count). The van der Waals surface area contributed by atoms with Crippen molar-refractivity contribution in [3.63, 3.8) is 0 Å². The van der Waals surface area contributed by atoms with E-state index in [0.29, 0.717) is 6.04 Å². The summed E-state index contributed by atoms with van der Waals surface area (Å²) in [6.07, 6.45) is 3.44. The fraction of sp³-hybridized carbons (Fsp3) is 0.400. The molecule has 0 bridgehead atoms. The van der Waals surface area contributed by atoms with Crippen LogP contribution in [0.5, 0.6) is 5.75 Å². The second-order valence-corrected chi connectivity index (χ2v) is 7.78. The maximum atomic E-state index is 6.45. The monoisotopic (exact) mass is 386 g/mol. The zero-order valence-corrected chi connectivity index (χ0v) is 15.3. The van der Waals surface area contributed by atoms with Crippen LogP contribution in [-0.2, 0) is 6.42 Å². The highest BCUT2D eigenvalue weighted by atomic mass is 79.9. The highest BCUT2D eigenvalue weighted by Gasteiger charge is 2.39. The first-order chi connectivity index (χ1) is 11.7. The molecule has 0 saturated carbocycles. The van der Waals surface area contributed by atoms with Gasteiger partial charge in [-0.3, -0.25) is 4.90 Å². The number of rotatable bonds is 3. The van der Waals surface area contributed by atoms with Gasteiger partial charge in [-0.15, -0.1) is 0 Å². The van der Waals surface area contributed by atoms with Crippen LogP contribution in [0.4, 0.5) is 0 Å². The Morgan fingerprint density at radius 2 is 1.88 bits per heavy atom. The first-order valence-corrected chi connectivity index (χ1v) is 9.49. The van der Waals surface area contributed by atoms with Crippen molar-refractivity contribution in [2.75, 3.05) is 13.1 Å². The van der Waals surface area contributed by atoms with E-state index in [1.54, 1.807) is 0 Å². The number of nitrogens with zero attached hydrogens (tertiary/aromatic N) is 1. The molecule has 1 heterocycles. The van der Waals surface area contributed by atoms with Crippen molar-refractivity contribution in [3.8, 4) is 5.75 Å². The van der Waals surface area contributed by atoms with E-state index >= 15 is 0 Å². The van der Waals surface area contributed by atoms with Gasteiger partial charge in [0.2, 0.25) is 0 Å². The third-order valence-corrected chi connectivity index (χ3v) is 5.70. The molecule has 1 saturated heterocycles. The first kappa shape index (κ1) is 16.1. The fourth-order valence-electron chi connectivity index (χ4n) is 4.00. The average molecular weight is 387 g/mol. The molecule has 24 heavy (non-hydrogen) atoms. The van der Waals surface area contributed by atoms with E-state index in [0.717, 1.165) is 36.2 Å². The van der Waals surface area contributed by atoms with E-state index in [9.17, 15) is 0 Å².